The molecule has 8 heteroatoms. The monoisotopic (exact) mass is 359 g/mol. The van der Waals surface area contributed by atoms with Crippen LogP contribution in [-0.2, 0) is 0 Å². The average Bonchev–Trinajstić information content (AvgIpc) is 2.91. The van der Waals surface area contributed by atoms with Crippen LogP contribution >= 0.6 is 0 Å². The molecule has 0 aliphatic rings. The van der Waals surface area contributed by atoms with Gasteiger partial charge in [0.25, 0.3) is 0 Å². The van der Waals surface area contributed by atoms with Crippen molar-refractivity contribution in [1.29, 1.82) is 0 Å². The summed E-state index contributed by atoms with van der Waals surface area (Å²) in [6, 6.07) is 8.16. The van der Waals surface area contributed by atoms with Crippen LogP contribution in [0.5, 0.6) is 0 Å². The fourth-order valence-corrected chi connectivity index (χ4v) is 2.79. The number of hydrogen-bond acceptors (Lipinski definition) is 2. The van der Waals surface area contributed by atoms with Crippen molar-refractivity contribution >= 4 is 11.2 Å². The van der Waals surface area contributed by atoms with E-state index in [-0.39, 0.29) is 22.5 Å². The van der Waals surface area contributed by atoms with Gasteiger partial charge < -0.3 is 0 Å². The van der Waals surface area contributed by atoms with E-state index in [0.29, 0.717) is 0 Å². The van der Waals surface area contributed by atoms with Gasteiger partial charge in [-0.05, 0) is 36.4 Å². The summed E-state index contributed by atoms with van der Waals surface area (Å²) in [5.41, 5.74) is -1.55. The van der Waals surface area contributed by atoms with Crippen LogP contribution < -0.4 is 5.69 Å². The number of nitrogens with zero attached hydrogens (tertiary/aromatic N) is 3. The summed E-state index contributed by atoms with van der Waals surface area (Å²) in [7, 11) is 0. The minimum atomic E-state index is -0.910. The summed E-state index contributed by atoms with van der Waals surface area (Å²) in [6.45, 7) is 0. The Morgan fingerprint density at radius 2 is 1.35 bits per heavy atom. The van der Waals surface area contributed by atoms with Crippen LogP contribution in [0.15, 0.2) is 59.5 Å². The van der Waals surface area contributed by atoms with E-state index in [4.69, 9.17) is 0 Å². The van der Waals surface area contributed by atoms with E-state index in [2.05, 4.69) is 4.98 Å². The van der Waals surface area contributed by atoms with Crippen molar-refractivity contribution in [1.82, 2.24) is 14.1 Å². The van der Waals surface area contributed by atoms with Crippen LogP contribution in [0.2, 0.25) is 0 Å². The second-order valence-corrected chi connectivity index (χ2v) is 5.49. The standard InChI is InChI=1S/C18H9F4N3O/c19-10-3-5-12(21)15(8-10)24-14-2-1-7-23-17(14)25(18(24)26)16-9-11(20)4-6-13(16)22/h1-9H. The molecular formula is C18H9F4N3O. The van der Waals surface area contributed by atoms with E-state index in [1.165, 1.54) is 18.3 Å². The maximum Gasteiger partial charge on any atom is 0.339 e. The van der Waals surface area contributed by atoms with Gasteiger partial charge in [-0.3, -0.25) is 4.57 Å². The second kappa shape index (κ2) is 5.83. The molecule has 4 aromatic rings. The molecule has 2 heterocycles. The molecule has 4 nitrogen and oxygen atoms in total. The Morgan fingerprint density at radius 1 is 0.769 bits per heavy atom. The third-order valence-electron chi connectivity index (χ3n) is 3.90. The summed E-state index contributed by atoms with van der Waals surface area (Å²) < 4.78 is 57.3. The number of rotatable bonds is 2. The van der Waals surface area contributed by atoms with Gasteiger partial charge in [-0.2, -0.15) is 0 Å². The van der Waals surface area contributed by atoms with E-state index < -0.39 is 29.0 Å². The topological polar surface area (TPSA) is 39.8 Å². The molecule has 26 heavy (non-hydrogen) atoms. The highest BCUT2D eigenvalue weighted by Gasteiger charge is 2.21. The molecule has 2 aromatic carbocycles. The quantitative estimate of drug-likeness (QED) is 0.512. The van der Waals surface area contributed by atoms with Crippen LogP contribution in [-0.4, -0.2) is 14.1 Å². The Labute approximate surface area is 143 Å². The minimum Gasteiger partial charge on any atom is -0.255 e. The van der Waals surface area contributed by atoms with Crippen LogP contribution in [0.1, 0.15) is 0 Å². The molecule has 130 valence electrons. The smallest absolute Gasteiger partial charge is 0.255 e. The first kappa shape index (κ1) is 16.1. The van der Waals surface area contributed by atoms with Gasteiger partial charge in [-0.15, -0.1) is 0 Å². The van der Waals surface area contributed by atoms with Gasteiger partial charge in [0, 0.05) is 18.3 Å². The van der Waals surface area contributed by atoms with Gasteiger partial charge in [0.05, 0.1) is 16.9 Å². The van der Waals surface area contributed by atoms with E-state index in [0.717, 1.165) is 45.5 Å². The molecule has 0 bridgehead atoms. The van der Waals surface area contributed by atoms with Crippen LogP contribution in [0.25, 0.3) is 22.5 Å². The molecule has 0 saturated heterocycles. The molecule has 2 aromatic heterocycles. The first-order chi connectivity index (χ1) is 12.5. The van der Waals surface area contributed by atoms with Gasteiger partial charge in [-0.1, -0.05) is 0 Å². The lowest BCUT2D eigenvalue weighted by Gasteiger charge is -2.05. The lowest BCUT2D eigenvalue weighted by Crippen LogP contribution is -2.23. The van der Waals surface area contributed by atoms with Gasteiger partial charge in [0.2, 0.25) is 0 Å². The van der Waals surface area contributed by atoms with E-state index in [1.54, 1.807) is 0 Å². The largest absolute Gasteiger partial charge is 0.339 e. The van der Waals surface area contributed by atoms with Crippen molar-refractivity contribution in [2.75, 3.05) is 0 Å². The number of benzene rings is 2. The SMILES string of the molecule is O=c1n(-c2cc(F)ccc2F)c2cccnc2n1-c1cc(F)ccc1F. The molecule has 0 N–H and O–H groups in total. The summed E-state index contributed by atoms with van der Waals surface area (Å²) in [4.78, 5) is 16.9. The summed E-state index contributed by atoms with van der Waals surface area (Å²) in [6.07, 6.45) is 1.35. The van der Waals surface area contributed by atoms with Crippen LogP contribution in [0, 0.1) is 23.3 Å². The molecule has 0 amide bonds. The zero-order valence-corrected chi connectivity index (χ0v) is 13.0. The van der Waals surface area contributed by atoms with Gasteiger partial charge >= 0.3 is 5.69 Å². The highest BCUT2D eigenvalue weighted by Crippen LogP contribution is 2.23. The fraction of sp³-hybridized carbons (Fsp3) is 0. The molecule has 4 rings (SSSR count). The summed E-state index contributed by atoms with van der Waals surface area (Å²) in [5.74, 6) is -3.23. The minimum absolute atomic E-state index is 0.0225. The fourth-order valence-electron chi connectivity index (χ4n) is 2.79. The predicted octanol–water partition coefficient (Wildman–Crippen LogP) is 3.73. The van der Waals surface area contributed by atoms with E-state index in [1.807, 2.05) is 0 Å². The Hall–Kier alpha value is -3.42. The Balaban J connectivity index is 2.15. The van der Waals surface area contributed by atoms with Crippen molar-refractivity contribution in [3.8, 4) is 11.4 Å². The number of aromatic nitrogens is 3. The summed E-state index contributed by atoms with van der Waals surface area (Å²) >= 11 is 0. The zero-order chi connectivity index (χ0) is 18.4. The molecule has 0 spiro atoms. The molecular weight excluding hydrogens is 350 g/mol. The normalized spacial score (nSPS) is 11.2. The number of imidazole rings is 1. The van der Waals surface area contributed by atoms with Gasteiger partial charge in [0.1, 0.15) is 23.3 Å². The van der Waals surface area contributed by atoms with Crippen molar-refractivity contribution in [2.45, 2.75) is 0 Å². The Kier molecular flexibility index (Phi) is 3.61. The van der Waals surface area contributed by atoms with Crippen molar-refractivity contribution in [3.05, 3.63) is 88.5 Å². The molecule has 0 atom stereocenters. The molecule has 0 radical (unpaired) electrons. The zero-order valence-electron chi connectivity index (χ0n) is 13.0. The molecule has 0 fully saturated rings. The van der Waals surface area contributed by atoms with Crippen molar-refractivity contribution < 1.29 is 17.6 Å². The highest BCUT2D eigenvalue weighted by atomic mass is 19.1. The predicted molar refractivity (Wildman–Crippen MR) is 86.5 cm³/mol. The third kappa shape index (κ3) is 2.38. The second-order valence-electron chi connectivity index (χ2n) is 5.49. The lowest BCUT2D eigenvalue weighted by atomic mass is 10.3. The number of fused-ring (bicyclic) bond motifs is 1. The molecule has 0 aliphatic heterocycles. The van der Waals surface area contributed by atoms with Crippen molar-refractivity contribution in [3.63, 3.8) is 0 Å². The van der Waals surface area contributed by atoms with Crippen molar-refractivity contribution in [2.24, 2.45) is 0 Å². The number of halogens is 4. The van der Waals surface area contributed by atoms with E-state index in [9.17, 15) is 22.4 Å². The Bertz CT molecular complexity index is 1120. The number of pyridine rings is 1. The van der Waals surface area contributed by atoms with Gasteiger partial charge in [0.15, 0.2) is 5.65 Å². The maximum absolute atomic E-state index is 14.2. The average molecular weight is 359 g/mol. The molecule has 0 aliphatic carbocycles. The molecule has 0 saturated carbocycles. The van der Waals surface area contributed by atoms with Gasteiger partial charge in [-0.25, -0.2) is 31.9 Å². The number of hydrogen-bond donors (Lipinski definition) is 0. The first-order valence-corrected chi connectivity index (χ1v) is 7.46. The summed E-state index contributed by atoms with van der Waals surface area (Å²) in [5, 5.41) is 0. The first-order valence-electron chi connectivity index (χ1n) is 7.46. The third-order valence-corrected chi connectivity index (χ3v) is 3.90. The Morgan fingerprint density at radius 3 is 1.96 bits per heavy atom. The van der Waals surface area contributed by atoms with Crippen LogP contribution in [0.3, 0.4) is 0 Å². The highest BCUT2D eigenvalue weighted by molar-refractivity contribution is 5.76. The lowest BCUT2D eigenvalue weighted by molar-refractivity contribution is 0.587. The van der Waals surface area contributed by atoms with Crippen LogP contribution in [0.4, 0.5) is 17.6 Å². The van der Waals surface area contributed by atoms with E-state index >= 15 is 0 Å². The molecule has 0 unspecified atom stereocenters. The maximum atomic E-state index is 14.2.